The molecule has 2 aromatic carbocycles. The predicted octanol–water partition coefficient (Wildman–Crippen LogP) is 0.758. The summed E-state index contributed by atoms with van der Waals surface area (Å²) >= 11 is 0. The topological polar surface area (TPSA) is 185 Å². The molecule has 0 saturated heterocycles. The van der Waals surface area contributed by atoms with E-state index in [1.807, 2.05) is 24.3 Å². The number of aliphatic carboxylic acids is 2. The van der Waals surface area contributed by atoms with Gasteiger partial charge in [0.05, 0.1) is 6.26 Å². The van der Waals surface area contributed by atoms with Gasteiger partial charge in [0.2, 0.25) is 5.91 Å². The first-order valence-electron chi connectivity index (χ1n) is 9.27. The third kappa shape index (κ3) is 11.1. The standard InChI is InChI=1S/C18H23N3O4S.C2H2O4/c1-26(23,24)25-17-5-3-2-4-15(17)8-11-18(22)21-16-9-6-14(7-10-16)12-13-20-19;3-1(4)2(5)6/h2-7,9-10,20H,8,11-13,19H2,1H3,(H,21,22);(H,3,4)(H,5,6). The number of aryl methyl sites for hydroxylation is 1. The first-order valence-corrected chi connectivity index (χ1v) is 11.1. The molecular weight excluding hydrogens is 442 g/mol. The van der Waals surface area contributed by atoms with Crippen molar-refractivity contribution < 1.29 is 37.2 Å². The normalized spacial score (nSPS) is 10.4. The molecule has 174 valence electrons. The smallest absolute Gasteiger partial charge is 0.414 e. The average Bonchev–Trinajstić information content (AvgIpc) is 2.72. The number of carbonyl (C=O) groups is 3. The zero-order chi connectivity index (χ0) is 24.1. The van der Waals surface area contributed by atoms with E-state index in [0.29, 0.717) is 24.2 Å². The van der Waals surface area contributed by atoms with Crippen molar-refractivity contribution >= 4 is 33.7 Å². The van der Waals surface area contributed by atoms with Crippen molar-refractivity contribution in [3.63, 3.8) is 0 Å². The van der Waals surface area contributed by atoms with Gasteiger partial charge in [-0.1, -0.05) is 30.3 Å². The number of nitrogens with one attached hydrogen (secondary N) is 2. The fourth-order valence-corrected chi connectivity index (χ4v) is 2.89. The van der Waals surface area contributed by atoms with Crippen LogP contribution in [0.25, 0.3) is 0 Å². The minimum Gasteiger partial charge on any atom is -0.473 e. The molecule has 0 fully saturated rings. The Morgan fingerprint density at radius 1 is 0.969 bits per heavy atom. The molecule has 0 aliphatic rings. The van der Waals surface area contributed by atoms with Crippen LogP contribution in [0.4, 0.5) is 5.69 Å². The van der Waals surface area contributed by atoms with E-state index in [9.17, 15) is 13.2 Å². The van der Waals surface area contributed by atoms with Gasteiger partial charge in [0.25, 0.3) is 0 Å². The monoisotopic (exact) mass is 467 g/mol. The lowest BCUT2D eigenvalue weighted by Gasteiger charge is -2.10. The number of carbonyl (C=O) groups excluding carboxylic acids is 1. The number of anilines is 1. The second-order valence-corrected chi connectivity index (χ2v) is 8.03. The van der Waals surface area contributed by atoms with Crippen LogP contribution in [-0.4, -0.2) is 49.3 Å². The molecule has 0 unspecified atom stereocenters. The Kier molecular flexibility index (Phi) is 10.8. The van der Waals surface area contributed by atoms with Gasteiger partial charge in [0, 0.05) is 18.7 Å². The van der Waals surface area contributed by atoms with Crippen molar-refractivity contribution in [2.45, 2.75) is 19.3 Å². The molecular formula is C20H25N3O8S. The van der Waals surface area contributed by atoms with Gasteiger partial charge in [-0.05, 0) is 42.2 Å². The fraction of sp³-hybridized carbons (Fsp3) is 0.250. The lowest BCUT2D eigenvalue weighted by molar-refractivity contribution is -0.159. The number of para-hydroxylation sites is 1. The number of hydrazine groups is 1. The summed E-state index contributed by atoms with van der Waals surface area (Å²) in [6.45, 7) is 0.681. The van der Waals surface area contributed by atoms with E-state index < -0.39 is 22.1 Å². The zero-order valence-corrected chi connectivity index (χ0v) is 18.1. The van der Waals surface area contributed by atoms with E-state index in [2.05, 4.69) is 10.7 Å². The van der Waals surface area contributed by atoms with Crippen molar-refractivity contribution in [2.75, 3.05) is 18.1 Å². The Hall–Kier alpha value is -3.48. The molecule has 6 N–H and O–H groups in total. The van der Waals surface area contributed by atoms with E-state index >= 15 is 0 Å². The Balaban J connectivity index is 0.000000751. The van der Waals surface area contributed by atoms with Crippen molar-refractivity contribution in [3.8, 4) is 5.75 Å². The number of rotatable bonds is 9. The van der Waals surface area contributed by atoms with Gasteiger partial charge in [-0.15, -0.1) is 0 Å². The molecule has 0 heterocycles. The first-order chi connectivity index (χ1) is 15.0. The summed E-state index contributed by atoms with van der Waals surface area (Å²) in [6.07, 6.45) is 2.38. The summed E-state index contributed by atoms with van der Waals surface area (Å²) in [5.74, 6) is 1.69. The minimum atomic E-state index is -3.61. The van der Waals surface area contributed by atoms with Crippen LogP contribution in [0.3, 0.4) is 0 Å². The van der Waals surface area contributed by atoms with Crippen LogP contribution in [-0.2, 0) is 37.3 Å². The summed E-state index contributed by atoms with van der Waals surface area (Å²) in [6, 6.07) is 14.3. The number of hydrogen-bond donors (Lipinski definition) is 5. The third-order valence-corrected chi connectivity index (χ3v) is 4.30. The Morgan fingerprint density at radius 3 is 2.09 bits per heavy atom. The van der Waals surface area contributed by atoms with Crippen molar-refractivity contribution in [1.82, 2.24) is 5.43 Å². The number of carboxylic acids is 2. The lowest BCUT2D eigenvalue weighted by atomic mass is 10.1. The largest absolute Gasteiger partial charge is 0.473 e. The van der Waals surface area contributed by atoms with E-state index in [1.165, 1.54) is 0 Å². The average molecular weight is 468 g/mol. The molecule has 0 aliphatic carbocycles. The molecule has 2 aromatic rings. The van der Waals surface area contributed by atoms with Crippen LogP contribution < -0.4 is 20.8 Å². The molecule has 0 bridgehead atoms. The van der Waals surface area contributed by atoms with Gasteiger partial charge in [-0.2, -0.15) is 8.42 Å². The van der Waals surface area contributed by atoms with Gasteiger partial charge in [0.15, 0.2) is 0 Å². The van der Waals surface area contributed by atoms with Crippen molar-refractivity contribution in [3.05, 3.63) is 59.7 Å². The molecule has 2 rings (SSSR count). The minimum absolute atomic E-state index is 0.157. The van der Waals surface area contributed by atoms with Crippen LogP contribution >= 0.6 is 0 Å². The molecule has 0 aliphatic heterocycles. The van der Waals surface area contributed by atoms with Gasteiger partial charge in [-0.3, -0.25) is 16.1 Å². The second kappa shape index (κ2) is 13.0. The SMILES string of the molecule is CS(=O)(=O)Oc1ccccc1CCC(=O)Nc1ccc(CCNN)cc1.O=C(O)C(=O)O. The number of hydrogen-bond acceptors (Lipinski definition) is 8. The second-order valence-electron chi connectivity index (χ2n) is 6.45. The van der Waals surface area contributed by atoms with Gasteiger partial charge >= 0.3 is 22.1 Å². The number of benzene rings is 2. The summed E-state index contributed by atoms with van der Waals surface area (Å²) in [7, 11) is -3.61. The Morgan fingerprint density at radius 2 is 1.56 bits per heavy atom. The van der Waals surface area contributed by atoms with E-state index in [1.54, 1.807) is 24.3 Å². The van der Waals surface area contributed by atoms with Gasteiger partial charge in [-0.25, -0.2) is 9.59 Å². The molecule has 0 atom stereocenters. The van der Waals surface area contributed by atoms with E-state index in [0.717, 1.165) is 18.2 Å². The first kappa shape index (κ1) is 26.6. The maximum atomic E-state index is 12.1. The van der Waals surface area contributed by atoms with Crippen LogP contribution in [0.5, 0.6) is 5.75 Å². The molecule has 32 heavy (non-hydrogen) atoms. The Labute approximate surface area is 185 Å². The van der Waals surface area contributed by atoms with Crippen LogP contribution in [0.15, 0.2) is 48.5 Å². The summed E-state index contributed by atoms with van der Waals surface area (Å²) in [5, 5.41) is 17.6. The lowest BCUT2D eigenvalue weighted by Crippen LogP contribution is -2.24. The highest BCUT2D eigenvalue weighted by Crippen LogP contribution is 2.21. The molecule has 0 spiro atoms. The van der Waals surface area contributed by atoms with Gasteiger partial charge < -0.3 is 19.7 Å². The van der Waals surface area contributed by atoms with Crippen LogP contribution in [0, 0.1) is 0 Å². The van der Waals surface area contributed by atoms with Gasteiger partial charge in [0.1, 0.15) is 5.75 Å². The number of carboxylic acid groups (broad SMARTS) is 2. The predicted molar refractivity (Wildman–Crippen MR) is 116 cm³/mol. The van der Waals surface area contributed by atoms with Crippen LogP contribution in [0.2, 0.25) is 0 Å². The quantitative estimate of drug-likeness (QED) is 0.153. The molecule has 11 nitrogen and oxygen atoms in total. The Bertz CT molecular complexity index is 1010. The number of nitrogens with two attached hydrogens (primary N) is 1. The molecule has 0 saturated carbocycles. The maximum absolute atomic E-state index is 12.1. The highest BCUT2D eigenvalue weighted by molar-refractivity contribution is 7.86. The molecule has 12 heteroatoms. The molecule has 0 aromatic heterocycles. The third-order valence-electron chi connectivity index (χ3n) is 3.81. The molecule has 0 radical (unpaired) electrons. The maximum Gasteiger partial charge on any atom is 0.414 e. The fourth-order valence-electron chi connectivity index (χ4n) is 2.40. The van der Waals surface area contributed by atoms with E-state index in [-0.39, 0.29) is 18.1 Å². The molecule has 1 amide bonds. The summed E-state index contributed by atoms with van der Waals surface area (Å²) < 4.78 is 27.6. The summed E-state index contributed by atoms with van der Waals surface area (Å²) in [4.78, 5) is 30.3. The zero-order valence-electron chi connectivity index (χ0n) is 17.3. The van der Waals surface area contributed by atoms with Crippen molar-refractivity contribution in [1.29, 1.82) is 0 Å². The van der Waals surface area contributed by atoms with E-state index in [4.69, 9.17) is 29.8 Å². The number of amides is 1. The highest BCUT2D eigenvalue weighted by Gasteiger charge is 2.11. The summed E-state index contributed by atoms with van der Waals surface area (Å²) in [5.41, 5.74) is 5.09. The van der Waals surface area contributed by atoms with Crippen LogP contribution in [0.1, 0.15) is 17.5 Å². The highest BCUT2D eigenvalue weighted by atomic mass is 32.2. The van der Waals surface area contributed by atoms with Crippen molar-refractivity contribution in [2.24, 2.45) is 5.84 Å².